The molecule has 2 rings (SSSR count). The van der Waals surface area contributed by atoms with Crippen molar-refractivity contribution in [2.75, 3.05) is 20.7 Å². The van der Waals surface area contributed by atoms with Crippen molar-refractivity contribution in [1.29, 1.82) is 5.41 Å². The molecule has 3 unspecified atom stereocenters. The minimum atomic E-state index is -1.70. The van der Waals surface area contributed by atoms with E-state index in [4.69, 9.17) is 25.4 Å². The highest BCUT2D eigenvalue weighted by molar-refractivity contribution is 6.04. The number of hydrogen-bond acceptors (Lipinski definition) is 11. The van der Waals surface area contributed by atoms with Gasteiger partial charge in [0.1, 0.15) is 29.8 Å². The summed E-state index contributed by atoms with van der Waals surface area (Å²) >= 11 is 0. The molecule has 9 atom stereocenters. The van der Waals surface area contributed by atoms with Crippen molar-refractivity contribution in [3.05, 3.63) is 108 Å². The summed E-state index contributed by atoms with van der Waals surface area (Å²) in [6.45, 7) is 10.6. The molecule has 1 amide bonds. The van der Waals surface area contributed by atoms with Gasteiger partial charge in [-0.1, -0.05) is 106 Å². The van der Waals surface area contributed by atoms with Crippen molar-refractivity contribution in [3.63, 3.8) is 0 Å². The van der Waals surface area contributed by atoms with Gasteiger partial charge in [-0.15, -0.1) is 0 Å². The average molecular weight is 851 g/mol. The number of nitrogens with one attached hydrogen (secondary N) is 2. The van der Waals surface area contributed by atoms with E-state index in [0.717, 1.165) is 57.8 Å². The van der Waals surface area contributed by atoms with Crippen LogP contribution in [0.3, 0.4) is 0 Å². The number of esters is 1. The van der Waals surface area contributed by atoms with Crippen LogP contribution >= 0.6 is 0 Å². The van der Waals surface area contributed by atoms with Gasteiger partial charge in [-0.25, -0.2) is 4.79 Å². The van der Waals surface area contributed by atoms with Crippen molar-refractivity contribution in [3.8, 4) is 0 Å². The Labute approximate surface area is 362 Å². The van der Waals surface area contributed by atoms with Crippen LogP contribution in [0.1, 0.15) is 86.0 Å². The lowest BCUT2D eigenvalue weighted by atomic mass is 9.92. The highest BCUT2D eigenvalue weighted by Crippen LogP contribution is 2.29. The number of rotatable bonds is 24. The normalized spacial score (nSPS) is 23.9. The minimum absolute atomic E-state index is 0.0385. The smallest absolute Gasteiger partial charge is 0.337 e. The van der Waals surface area contributed by atoms with Crippen LogP contribution in [0.4, 0.5) is 0 Å². The number of guanidine groups is 1. The highest BCUT2D eigenvalue weighted by Gasteiger charge is 2.48. The Hall–Kier alpha value is -4.86. The average Bonchev–Trinajstić information content (AvgIpc) is 3.54. The highest BCUT2D eigenvalue weighted by atomic mass is 16.7. The molecule has 338 valence electrons. The molecule has 0 aromatic carbocycles. The van der Waals surface area contributed by atoms with Gasteiger partial charge in [-0.2, -0.15) is 0 Å². The molecule has 1 saturated heterocycles. The number of ether oxygens (including phenoxy) is 3. The van der Waals surface area contributed by atoms with Crippen LogP contribution < -0.4 is 11.1 Å². The lowest BCUT2D eigenvalue weighted by Gasteiger charge is -2.41. The van der Waals surface area contributed by atoms with Crippen molar-refractivity contribution in [2.24, 2.45) is 23.5 Å². The maximum Gasteiger partial charge on any atom is 0.337 e. The fraction of sp³-hybridized carbons (Fsp3) is 0.532. The molecule has 0 saturated carbocycles. The third-order valence-electron chi connectivity index (χ3n) is 10.4. The van der Waals surface area contributed by atoms with Gasteiger partial charge in [0.05, 0.1) is 13.2 Å². The Morgan fingerprint density at radius 1 is 0.918 bits per heavy atom. The molecule has 61 heavy (non-hydrogen) atoms. The van der Waals surface area contributed by atoms with E-state index in [-0.39, 0.29) is 47.9 Å². The molecule has 0 spiro atoms. The summed E-state index contributed by atoms with van der Waals surface area (Å²) in [5.74, 6) is -1.31. The number of allylic oxidation sites excluding steroid dienone is 15. The maximum absolute atomic E-state index is 12.4. The number of hydrogen-bond donors (Lipinski definition) is 7. The van der Waals surface area contributed by atoms with E-state index in [2.05, 4.69) is 49.5 Å². The number of carbonyl (C=O) groups excluding carboxylic acids is 3. The van der Waals surface area contributed by atoms with Crippen LogP contribution in [0, 0.1) is 23.2 Å². The fourth-order valence-corrected chi connectivity index (χ4v) is 6.58. The number of Topliss-reactive ketones (excluding diaryl/α,β-unsaturated/α-hetero) is 1. The molecule has 0 radical (unpaired) electrons. The van der Waals surface area contributed by atoms with E-state index in [0.29, 0.717) is 11.5 Å². The molecule has 1 aliphatic carbocycles. The molecule has 14 nitrogen and oxygen atoms in total. The number of carbonyl (C=O) groups is 3. The number of nitrogens with two attached hydrogens (primary N) is 1. The first-order chi connectivity index (χ1) is 29.0. The van der Waals surface area contributed by atoms with Crippen molar-refractivity contribution in [1.82, 2.24) is 10.2 Å². The summed E-state index contributed by atoms with van der Waals surface area (Å²) in [6, 6.07) is 0. The largest absolute Gasteiger partial charge is 0.510 e. The predicted molar refractivity (Wildman–Crippen MR) is 238 cm³/mol. The van der Waals surface area contributed by atoms with E-state index in [1.807, 2.05) is 45.2 Å². The second-order valence-electron chi connectivity index (χ2n) is 15.8. The van der Waals surface area contributed by atoms with Crippen LogP contribution in [0.5, 0.6) is 0 Å². The van der Waals surface area contributed by atoms with Crippen LogP contribution in [0.15, 0.2) is 108 Å². The zero-order valence-corrected chi connectivity index (χ0v) is 36.9. The van der Waals surface area contributed by atoms with Crippen LogP contribution in [-0.4, -0.2) is 106 Å². The SMILES string of the molecule is COC(=O)[C@H]1O[C@@H](O[C@@H](/C(C)=C/C(C)CCC/C=C/C(C)C/C=C/CCCN(C)C(=N)N)C(C)/C=C/C=C/C=C/C=C/C=C(\C)C(=O)NC2=C(O)CCC2=O)[C@H](O)[C@@H](O)[C@@H]1O. The van der Waals surface area contributed by atoms with Gasteiger partial charge in [0, 0.05) is 37.9 Å². The number of aliphatic hydroxyl groups excluding tert-OH is 4. The summed E-state index contributed by atoms with van der Waals surface area (Å²) in [5.41, 5.74) is 6.68. The quantitative estimate of drug-likeness (QED) is 0.0115. The summed E-state index contributed by atoms with van der Waals surface area (Å²) in [6.07, 6.45) is 24.5. The summed E-state index contributed by atoms with van der Waals surface area (Å²) in [4.78, 5) is 38.2. The van der Waals surface area contributed by atoms with Crippen molar-refractivity contribution < 1.29 is 49.0 Å². The number of methoxy groups -OCH3 is 1. The summed E-state index contributed by atoms with van der Waals surface area (Å²) < 4.78 is 16.7. The van der Waals surface area contributed by atoms with Crippen LogP contribution in [-0.2, 0) is 28.6 Å². The first kappa shape index (κ1) is 52.3. The Kier molecular flexibility index (Phi) is 23.9. The van der Waals surface area contributed by atoms with E-state index in [9.17, 15) is 34.8 Å². The second-order valence-corrected chi connectivity index (χ2v) is 15.8. The summed E-state index contributed by atoms with van der Waals surface area (Å²) in [7, 11) is 2.96. The third kappa shape index (κ3) is 18.7. The molecule has 2 aliphatic rings. The van der Waals surface area contributed by atoms with E-state index in [1.54, 1.807) is 42.2 Å². The molecule has 0 aromatic rings. The number of amides is 1. The Morgan fingerprint density at radius 2 is 1.57 bits per heavy atom. The molecular weight excluding hydrogens is 781 g/mol. The zero-order chi connectivity index (χ0) is 45.5. The first-order valence-electron chi connectivity index (χ1n) is 21.1. The Balaban J connectivity index is 2.04. The van der Waals surface area contributed by atoms with Crippen molar-refractivity contribution >= 4 is 23.6 Å². The maximum atomic E-state index is 12.4. The third-order valence-corrected chi connectivity index (χ3v) is 10.4. The van der Waals surface area contributed by atoms with Gasteiger partial charge in [0.25, 0.3) is 5.91 Å². The van der Waals surface area contributed by atoms with Gasteiger partial charge < -0.3 is 50.6 Å². The molecular formula is C47H70N4O10. The topological polar surface area (TPSA) is 225 Å². The van der Waals surface area contributed by atoms with Crippen LogP contribution in [0.2, 0.25) is 0 Å². The molecule has 0 bridgehead atoms. The lowest BCUT2D eigenvalue weighted by molar-refractivity contribution is -0.303. The number of nitrogens with zero attached hydrogens (tertiary/aromatic N) is 1. The lowest BCUT2D eigenvalue weighted by Crippen LogP contribution is -2.61. The van der Waals surface area contributed by atoms with Crippen molar-refractivity contribution in [2.45, 2.75) is 123 Å². The first-order valence-corrected chi connectivity index (χ1v) is 21.1. The number of unbranched alkanes of at least 4 members (excludes halogenated alkanes) is 2. The van der Waals surface area contributed by atoms with E-state index < -0.39 is 48.7 Å². The number of aliphatic hydroxyl groups is 4. The van der Waals surface area contributed by atoms with Gasteiger partial charge >= 0.3 is 5.97 Å². The fourth-order valence-electron chi connectivity index (χ4n) is 6.58. The monoisotopic (exact) mass is 851 g/mol. The number of ketones is 1. The minimum Gasteiger partial charge on any atom is -0.510 e. The van der Waals surface area contributed by atoms with Gasteiger partial charge in [0.2, 0.25) is 0 Å². The van der Waals surface area contributed by atoms with Gasteiger partial charge in [-0.3, -0.25) is 15.0 Å². The second kappa shape index (κ2) is 27.9. The molecule has 1 fully saturated rings. The van der Waals surface area contributed by atoms with E-state index in [1.165, 1.54) is 0 Å². The van der Waals surface area contributed by atoms with Gasteiger partial charge in [-0.05, 0) is 69.8 Å². The molecule has 1 heterocycles. The molecule has 8 N–H and O–H groups in total. The van der Waals surface area contributed by atoms with Gasteiger partial charge in [0.15, 0.2) is 24.1 Å². The molecule has 14 heteroatoms. The molecule has 1 aliphatic heterocycles. The zero-order valence-electron chi connectivity index (χ0n) is 36.9. The van der Waals surface area contributed by atoms with E-state index >= 15 is 0 Å². The Morgan fingerprint density at radius 3 is 2.21 bits per heavy atom. The predicted octanol–water partition coefficient (Wildman–Crippen LogP) is 5.90. The Bertz CT molecular complexity index is 1720. The standard InChI is InChI=1S/C47H70N4O10/c1-31(22-16-13-14-21-29-51(6)47(48)49)23-17-15-18-24-32(2)30-35(5)42(60-46-41(56)39(54)40(55)43(61-46)45(58)59-7)33(3)25-19-11-9-8-10-12-20-26-34(4)44(57)50-38-36(52)27-28-37(38)53/h8-13,16-17,19-20,23,25-26,30-33,39-43,46,52,54-56H,14-15,18,21-22,24,27-29H2,1-7H3,(H3,48,49)(H,50,57)/b10-8+,11-9+,16-13+,20-12+,23-17+,25-19+,34-26+,35-30+/t31?,32?,33?,39-,40-,41+,42+,43-,46+/m0/s1. The summed E-state index contributed by atoms with van der Waals surface area (Å²) in [5, 5.41) is 51.5. The molecule has 0 aromatic heterocycles. The van der Waals surface area contributed by atoms with Crippen LogP contribution in [0.25, 0.3) is 0 Å².